The molecule has 0 radical (unpaired) electrons. The van der Waals surface area contributed by atoms with Crippen molar-refractivity contribution in [2.24, 2.45) is 5.41 Å². The van der Waals surface area contributed by atoms with Gasteiger partial charge in [0, 0.05) is 31.7 Å². The highest BCUT2D eigenvalue weighted by molar-refractivity contribution is 6.33. The summed E-state index contributed by atoms with van der Waals surface area (Å²) < 4.78 is 11.0. The van der Waals surface area contributed by atoms with E-state index in [0.717, 1.165) is 18.4 Å². The third-order valence-electron chi connectivity index (χ3n) is 5.63. The molecule has 0 saturated carbocycles. The van der Waals surface area contributed by atoms with E-state index in [1.54, 1.807) is 0 Å². The molecule has 0 aliphatic carbocycles. The van der Waals surface area contributed by atoms with Gasteiger partial charge in [-0.15, -0.1) is 0 Å². The second-order valence-electron chi connectivity index (χ2n) is 7.50. The Kier molecular flexibility index (Phi) is 4.82. The van der Waals surface area contributed by atoms with Gasteiger partial charge in [-0.25, -0.2) is 4.79 Å². The van der Waals surface area contributed by atoms with Crippen molar-refractivity contribution in [3.05, 3.63) is 40.5 Å². The molecule has 7 nitrogen and oxygen atoms in total. The fourth-order valence-electron chi connectivity index (χ4n) is 4.12. The molecule has 4 rings (SSSR count). The highest BCUT2D eigenvalue weighted by Gasteiger charge is 2.51. The van der Waals surface area contributed by atoms with Crippen LogP contribution in [0.5, 0.6) is 0 Å². The van der Waals surface area contributed by atoms with Gasteiger partial charge in [-0.05, 0) is 44.4 Å². The molecule has 0 bridgehead atoms. The minimum atomic E-state index is -0.162. The maximum absolute atomic E-state index is 12.9. The zero-order valence-corrected chi connectivity index (χ0v) is 16.3. The Hall–Kier alpha value is -2.12. The number of likely N-dealkylation sites (tertiary alicyclic amines) is 1. The lowest BCUT2D eigenvalue weighted by atomic mass is 9.72. The Morgan fingerprint density at radius 1 is 1.33 bits per heavy atom. The number of halogens is 1. The number of hydrogen-bond acceptors (Lipinski definition) is 5. The number of urea groups is 1. The smallest absolute Gasteiger partial charge is 0.321 e. The quantitative estimate of drug-likeness (QED) is 0.844. The first-order valence-electron chi connectivity index (χ1n) is 9.17. The first-order chi connectivity index (χ1) is 13.0. The van der Waals surface area contributed by atoms with E-state index in [-0.39, 0.29) is 17.4 Å². The van der Waals surface area contributed by atoms with Crippen LogP contribution in [0, 0.1) is 19.3 Å². The van der Waals surface area contributed by atoms with Crippen LogP contribution in [-0.4, -0.2) is 47.4 Å². The van der Waals surface area contributed by atoms with Crippen molar-refractivity contribution in [1.29, 1.82) is 0 Å². The summed E-state index contributed by atoms with van der Waals surface area (Å²) in [4.78, 5) is 19.2. The fourth-order valence-corrected chi connectivity index (χ4v) is 4.40. The first kappa shape index (κ1) is 18.3. The van der Waals surface area contributed by atoms with Gasteiger partial charge in [0.05, 0.1) is 16.6 Å². The van der Waals surface area contributed by atoms with E-state index in [1.807, 2.05) is 36.9 Å². The Bertz CT molecular complexity index is 847. The predicted molar refractivity (Wildman–Crippen MR) is 101 cm³/mol. The van der Waals surface area contributed by atoms with Crippen LogP contribution in [0.1, 0.15) is 36.0 Å². The molecule has 144 valence electrons. The third-order valence-corrected chi connectivity index (χ3v) is 5.94. The van der Waals surface area contributed by atoms with E-state index in [1.165, 1.54) is 0 Å². The molecule has 1 aromatic carbocycles. The summed E-state index contributed by atoms with van der Waals surface area (Å²) in [6.45, 7) is 6.31. The molecule has 1 spiro atoms. The highest BCUT2D eigenvalue weighted by Crippen LogP contribution is 2.49. The normalized spacial score (nSPS) is 21.6. The van der Waals surface area contributed by atoms with Crippen molar-refractivity contribution in [2.45, 2.75) is 32.6 Å². The second kappa shape index (κ2) is 7.13. The number of benzene rings is 1. The van der Waals surface area contributed by atoms with Crippen molar-refractivity contribution >= 4 is 23.3 Å². The number of nitrogens with zero attached hydrogens (tertiary/aromatic N) is 3. The lowest BCUT2D eigenvalue weighted by Crippen LogP contribution is -2.38. The van der Waals surface area contributed by atoms with E-state index >= 15 is 0 Å². The molecule has 0 unspecified atom stereocenters. The molecule has 1 aromatic heterocycles. The molecular weight excluding hydrogens is 368 g/mol. The van der Waals surface area contributed by atoms with Crippen LogP contribution in [-0.2, 0) is 4.74 Å². The van der Waals surface area contributed by atoms with E-state index in [0.29, 0.717) is 48.7 Å². The highest BCUT2D eigenvalue weighted by atomic mass is 35.5. The van der Waals surface area contributed by atoms with Crippen LogP contribution in [0.3, 0.4) is 0 Å². The van der Waals surface area contributed by atoms with E-state index in [2.05, 4.69) is 15.5 Å². The largest absolute Gasteiger partial charge is 0.381 e. The monoisotopic (exact) mass is 390 g/mol. The van der Waals surface area contributed by atoms with Crippen LogP contribution >= 0.6 is 11.6 Å². The Labute approximate surface area is 163 Å². The van der Waals surface area contributed by atoms with Gasteiger partial charge in [0.25, 0.3) is 0 Å². The Morgan fingerprint density at radius 2 is 2.11 bits per heavy atom. The first-order valence-corrected chi connectivity index (χ1v) is 9.55. The van der Waals surface area contributed by atoms with Gasteiger partial charge >= 0.3 is 6.03 Å². The van der Waals surface area contributed by atoms with Gasteiger partial charge in [0.2, 0.25) is 5.89 Å². The fraction of sp³-hybridized carbons (Fsp3) is 0.526. The summed E-state index contributed by atoms with van der Waals surface area (Å²) in [5, 5.41) is 7.41. The van der Waals surface area contributed by atoms with Crippen LogP contribution < -0.4 is 5.32 Å². The number of aryl methyl sites for hydroxylation is 2. The SMILES string of the molecule is Cc1ccc(NC(=O)N2C[C@H](c3nc(C)no3)C3(CCOCC3)C2)c(Cl)c1. The minimum Gasteiger partial charge on any atom is -0.381 e. The molecule has 2 amide bonds. The van der Waals surface area contributed by atoms with Gasteiger partial charge in [0.15, 0.2) is 5.82 Å². The molecule has 2 aliphatic heterocycles. The maximum atomic E-state index is 12.9. The Morgan fingerprint density at radius 3 is 2.78 bits per heavy atom. The van der Waals surface area contributed by atoms with Crippen molar-refractivity contribution in [1.82, 2.24) is 15.0 Å². The van der Waals surface area contributed by atoms with Crippen molar-refractivity contribution in [2.75, 3.05) is 31.6 Å². The predicted octanol–water partition coefficient (Wildman–Crippen LogP) is 3.77. The molecule has 2 fully saturated rings. The average Bonchev–Trinajstić information content (AvgIpc) is 3.22. The van der Waals surface area contributed by atoms with Crippen LogP contribution in [0.4, 0.5) is 10.5 Å². The Balaban J connectivity index is 1.56. The van der Waals surface area contributed by atoms with Crippen molar-refractivity contribution < 1.29 is 14.1 Å². The lowest BCUT2D eigenvalue weighted by molar-refractivity contribution is 0.00959. The number of amides is 2. The number of rotatable bonds is 2. The summed E-state index contributed by atoms with van der Waals surface area (Å²) in [5.41, 5.74) is 1.57. The van der Waals surface area contributed by atoms with Crippen LogP contribution in [0.2, 0.25) is 5.02 Å². The van der Waals surface area contributed by atoms with Gasteiger partial charge in [-0.2, -0.15) is 4.98 Å². The standard InChI is InChI=1S/C19H23ClN4O3/c1-12-3-4-16(15(20)9-12)22-18(25)24-10-14(17-21-13(2)23-27-17)19(11-24)5-7-26-8-6-19/h3-4,9,14H,5-8,10-11H2,1-2H3,(H,22,25)/t14-/m1/s1. The zero-order valence-electron chi connectivity index (χ0n) is 15.5. The summed E-state index contributed by atoms with van der Waals surface area (Å²) in [5.74, 6) is 1.24. The molecule has 8 heteroatoms. The summed E-state index contributed by atoms with van der Waals surface area (Å²) in [6, 6.07) is 5.43. The topological polar surface area (TPSA) is 80.5 Å². The summed E-state index contributed by atoms with van der Waals surface area (Å²) >= 11 is 6.27. The number of anilines is 1. The number of carbonyl (C=O) groups is 1. The van der Waals surface area contributed by atoms with E-state index < -0.39 is 0 Å². The molecular formula is C19H23ClN4O3. The second-order valence-corrected chi connectivity index (χ2v) is 7.91. The number of nitrogens with one attached hydrogen (secondary N) is 1. The number of ether oxygens (including phenoxy) is 1. The van der Waals surface area contributed by atoms with E-state index in [4.69, 9.17) is 20.9 Å². The molecule has 2 aromatic rings. The molecule has 2 saturated heterocycles. The maximum Gasteiger partial charge on any atom is 0.321 e. The van der Waals surface area contributed by atoms with Gasteiger partial charge < -0.3 is 19.5 Å². The third kappa shape index (κ3) is 3.53. The zero-order chi connectivity index (χ0) is 19.0. The molecule has 27 heavy (non-hydrogen) atoms. The van der Waals surface area contributed by atoms with Gasteiger partial charge in [-0.1, -0.05) is 22.8 Å². The molecule has 1 atom stereocenters. The van der Waals surface area contributed by atoms with Gasteiger partial charge in [-0.3, -0.25) is 0 Å². The summed E-state index contributed by atoms with van der Waals surface area (Å²) in [6.07, 6.45) is 1.74. The molecule has 2 aliphatic rings. The van der Waals surface area contributed by atoms with Crippen molar-refractivity contribution in [3.8, 4) is 0 Å². The molecule has 3 heterocycles. The van der Waals surface area contributed by atoms with Crippen LogP contribution in [0.25, 0.3) is 0 Å². The van der Waals surface area contributed by atoms with Crippen LogP contribution in [0.15, 0.2) is 22.7 Å². The van der Waals surface area contributed by atoms with Crippen molar-refractivity contribution in [3.63, 3.8) is 0 Å². The average molecular weight is 391 g/mol. The summed E-state index contributed by atoms with van der Waals surface area (Å²) in [7, 11) is 0. The van der Waals surface area contributed by atoms with Gasteiger partial charge in [0.1, 0.15) is 0 Å². The number of aromatic nitrogens is 2. The molecule has 1 N–H and O–H groups in total. The lowest BCUT2D eigenvalue weighted by Gasteiger charge is -2.36. The number of hydrogen-bond donors (Lipinski definition) is 1. The minimum absolute atomic E-state index is 0.0156. The number of carbonyl (C=O) groups excluding carboxylic acids is 1. The van der Waals surface area contributed by atoms with E-state index in [9.17, 15) is 4.79 Å².